The number of likely N-dealkylation sites (tertiary alicyclic amines) is 1. The van der Waals surface area contributed by atoms with Crippen LogP contribution in [0.3, 0.4) is 0 Å². The van der Waals surface area contributed by atoms with Crippen molar-refractivity contribution in [3.05, 3.63) is 89.2 Å². The Morgan fingerprint density at radius 2 is 1.90 bits per heavy atom. The largest absolute Gasteiger partial charge is 0.489 e. The zero-order valence-electron chi connectivity index (χ0n) is 20.4. The molecule has 200 valence electrons. The number of rotatable bonds is 7. The Kier molecular flexibility index (Phi) is 6.88. The van der Waals surface area contributed by atoms with Gasteiger partial charge in [0, 0.05) is 17.7 Å². The van der Waals surface area contributed by atoms with Gasteiger partial charge in [0.15, 0.2) is 17.4 Å². The van der Waals surface area contributed by atoms with Crippen molar-refractivity contribution in [3.8, 4) is 16.9 Å². The van der Waals surface area contributed by atoms with Crippen LogP contribution in [0, 0.1) is 11.6 Å². The SMILES string of the molecule is N/C(=N/O)c1cc2c(F)c(F)cc(-c3ccc(OCc4cccc(C(=O)N5CCC[C@H]5C(=O)O)c4)cc3)c2o1. The molecule has 1 atom stereocenters. The van der Waals surface area contributed by atoms with Gasteiger partial charge < -0.3 is 30.1 Å². The van der Waals surface area contributed by atoms with E-state index in [0.29, 0.717) is 41.8 Å². The summed E-state index contributed by atoms with van der Waals surface area (Å²) < 4.78 is 40.1. The third kappa shape index (κ3) is 4.98. The van der Waals surface area contributed by atoms with Crippen molar-refractivity contribution in [3.63, 3.8) is 0 Å². The Labute approximate surface area is 220 Å². The van der Waals surface area contributed by atoms with E-state index in [-0.39, 0.29) is 40.6 Å². The summed E-state index contributed by atoms with van der Waals surface area (Å²) in [5, 5.41) is 21.0. The number of ether oxygens (including phenoxy) is 1. The number of amidine groups is 1. The molecule has 4 N–H and O–H groups in total. The number of carboxylic acids is 1. The molecule has 0 bridgehead atoms. The Bertz CT molecular complexity index is 1600. The molecule has 0 aliphatic carbocycles. The van der Waals surface area contributed by atoms with Crippen LogP contribution in [0.15, 0.2) is 70.2 Å². The van der Waals surface area contributed by atoms with Crippen molar-refractivity contribution in [2.45, 2.75) is 25.5 Å². The van der Waals surface area contributed by atoms with Gasteiger partial charge in [-0.05, 0) is 60.4 Å². The number of fused-ring (bicyclic) bond motifs is 1. The number of carbonyl (C=O) groups is 2. The molecule has 0 saturated carbocycles. The van der Waals surface area contributed by atoms with E-state index >= 15 is 0 Å². The maximum absolute atomic E-state index is 14.4. The van der Waals surface area contributed by atoms with E-state index in [1.165, 1.54) is 4.90 Å². The summed E-state index contributed by atoms with van der Waals surface area (Å²) in [7, 11) is 0. The second kappa shape index (κ2) is 10.4. The number of halogens is 2. The molecule has 11 heteroatoms. The first-order chi connectivity index (χ1) is 18.8. The van der Waals surface area contributed by atoms with Gasteiger partial charge in [-0.1, -0.05) is 29.4 Å². The van der Waals surface area contributed by atoms with Gasteiger partial charge >= 0.3 is 5.97 Å². The third-order valence-corrected chi connectivity index (χ3v) is 6.60. The number of aliphatic carboxylic acids is 1. The number of hydrogen-bond donors (Lipinski definition) is 3. The van der Waals surface area contributed by atoms with Gasteiger partial charge in [0.1, 0.15) is 24.0 Å². The van der Waals surface area contributed by atoms with Gasteiger partial charge in [0.05, 0.1) is 5.39 Å². The summed E-state index contributed by atoms with van der Waals surface area (Å²) in [6.45, 7) is 0.536. The number of carboxylic acid groups (broad SMARTS) is 1. The number of nitrogens with two attached hydrogens (primary N) is 1. The first kappa shape index (κ1) is 25.7. The number of hydrogen-bond acceptors (Lipinski definition) is 6. The van der Waals surface area contributed by atoms with Crippen molar-refractivity contribution < 1.29 is 37.8 Å². The van der Waals surface area contributed by atoms with Crippen LogP contribution in [0.25, 0.3) is 22.1 Å². The quantitative estimate of drug-likeness (QED) is 0.134. The summed E-state index contributed by atoms with van der Waals surface area (Å²) in [4.78, 5) is 25.7. The number of benzene rings is 3. The monoisotopic (exact) mass is 535 g/mol. The molecule has 4 aromatic rings. The highest BCUT2D eigenvalue weighted by atomic mass is 19.2. The number of oxime groups is 1. The smallest absolute Gasteiger partial charge is 0.326 e. The predicted octanol–water partition coefficient (Wildman–Crippen LogP) is 4.74. The Balaban J connectivity index is 1.33. The van der Waals surface area contributed by atoms with E-state index in [9.17, 15) is 23.5 Å². The van der Waals surface area contributed by atoms with Crippen molar-refractivity contribution in [2.75, 3.05) is 6.54 Å². The number of carbonyl (C=O) groups excluding carboxylic acids is 1. The fourth-order valence-electron chi connectivity index (χ4n) is 4.65. The first-order valence-electron chi connectivity index (χ1n) is 12.0. The lowest BCUT2D eigenvalue weighted by molar-refractivity contribution is -0.141. The van der Waals surface area contributed by atoms with Crippen molar-refractivity contribution in [1.29, 1.82) is 0 Å². The van der Waals surface area contributed by atoms with Gasteiger partial charge in [-0.2, -0.15) is 0 Å². The van der Waals surface area contributed by atoms with Crippen molar-refractivity contribution in [2.24, 2.45) is 10.9 Å². The van der Waals surface area contributed by atoms with Crippen LogP contribution in [0.2, 0.25) is 0 Å². The normalized spacial score (nSPS) is 15.6. The van der Waals surface area contributed by atoms with E-state index < -0.39 is 23.6 Å². The maximum atomic E-state index is 14.4. The summed E-state index contributed by atoms with van der Waals surface area (Å²) in [5.74, 6) is -3.55. The minimum absolute atomic E-state index is 0.0359. The summed E-state index contributed by atoms with van der Waals surface area (Å²) in [5.41, 5.74) is 7.45. The van der Waals surface area contributed by atoms with E-state index in [2.05, 4.69) is 5.16 Å². The standard InChI is InChI=1S/C28H23F2N3O6/c29-21-12-19(25-20(24(21)30)13-23(39-25)26(31)32-37)16-6-8-18(9-7-16)38-14-15-3-1-4-17(11-15)27(34)33-10-2-5-22(33)28(35)36/h1,3-4,6-9,11-13,22,37H,2,5,10,14H2,(H2,31,32)(H,35,36)/t22-/m0/s1. The zero-order chi connectivity index (χ0) is 27.7. The lowest BCUT2D eigenvalue weighted by atomic mass is 10.0. The molecule has 9 nitrogen and oxygen atoms in total. The fraction of sp³-hybridized carbons (Fsp3) is 0.179. The summed E-state index contributed by atoms with van der Waals surface area (Å²) in [6.07, 6.45) is 1.08. The minimum atomic E-state index is -1.11. The molecule has 0 radical (unpaired) electrons. The van der Waals surface area contributed by atoms with Crippen LogP contribution in [0.1, 0.15) is 34.5 Å². The lowest BCUT2D eigenvalue weighted by Crippen LogP contribution is -2.40. The van der Waals surface area contributed by atoms with E-state index in [4.69, 9.17) is 20.1 Å². The highest BCUT2D eigenvalue weighted by Gasteiger charge is 2.34. The Morgan fingerprint density at radius 1 is 1.13 bits per heavy atom. The fourth-order valence-corrected chi connectivity index (χ4v) is 4.65. The van der Waals surface area contributed by atoms with Crippen LogP contribution < -0.4 is 10.5 Å². The average molecular weight is 536 g/mol. The van der Waals surface area contributed by atoms with E-state index in [0.717, 1.165) is 12.1 Å². The van der Waals surface area contributed by atoms with Gasteiger partial charge in [-0.15, -0.1) is 0 Å². The molecule has 39 heavy (non-hydrogen) atoms. The minimum Gasteiger partial charge on any atom is -0.489 e. The molecular formula is C28H23F2N3O6. The van der Waals surface area contributed by atoms with E-state index in [1.807, 2.05) is 0 Å². The number of nitrogens with zero attached hydrogens (tertiary/aromatic N) is 2. The summed E-state index contributed by atoms with van der Waals surface area (Å²) >= 11 is 0. The van der Waals surface area contributed by atoms with Gasteiger partial charge in [0.2, 0.25) is 5.84 Å². The van der Waals surface area contributed by atoms with Gasteiger partial charge in [-0.3, -0.25) is 4.79 Å². The Morgan fingerprint density at radius 3 is 2.62 bits per heavy atom. The van der Waals surface area contributed by atoms with Crippen LogP contribution in [0.4, 0.5) is 8.78 Å². The summed E-state index contributed by atoms with van der Waals surface area (Å²) in [6, 6.07) is 14.7. The highest BCUT2D eigenvalue weighted by Crippen LogP contribution is 2.35. The van der Waals surface area contributed by atoms with Crippen LogP contribution >= 0.6 is 0 Å². The lowest BCUT2D eigenvalue weighted by Gasteiger charge is -2.21. The molecule has 2 heterocycles. The third-order valence-electron chi connectivity index (χ3n) is 6.60. The molecule has 1 aliphatic heterocycles. The zero-order valence-corrected chi connectivity index (χ0v) is 20.4. The molecule has 1 amide bonds. The molecule has 1 saturated heterocycles. The Hall–Kier alpha value is -4.93. The molecule has 1 aromatic heterocycles. The first-order valence-corrected chi connectivity index (χ1v) is 12.0. The van der Waals surface area contributed by atoms with Crippen molar-refractivity contribution >= 4 is 28.7 Å². The van der Waals surface area contributed by atoms with Crippen LogP contribution in [-0.2, 0) is 11.4 Å². The molecule has 3 aromatic carbocycles. The molecule has 0 unspecified atom stereocenters. The molecule has 1 aliphatic rings. The molecule has 1 fully saturated rings. The maximum Gasteiger partial charge on any atom is 0.326 e. The van der Waals surface area contributed by atoms with Gasteiger partial charge in [0.25, 0.3) is 5.91 Å². The topological polar surface area (TPSA) is 139 Å². The van der Waals surface area contributed by atoms with Crippen LogP contribution in [-0.4, -0.2) is 45.5 Å². The second-order valence-corrected chi connectivity index (χ2v) is 9.07. The van der Waals surface area contributed by atoms with E-state index in [1.54, 1.807) is 48.5 Å². The highest BCUT2D eigenvalue weighted by molar-refractivity contribution is 6.01. The predicted molar refractivity (Wildman–Crippen MR) is 137 cm³/mol. The van der Waals surface area contributed by atoms with Crippen LogP contribution in [0.5, 0.6) is 5.75 Å². The number of furan rings is 1. The molecule has 0 spiro atoms. The second-order valence-electron chi connectivity index (χ2n) is 9.07. The molecular weight excluding hydrogens is 512 g/mol. The number of amides is 1. The average Bonchev–Trinajstić information content (AvgIpc) is 3.62. The molecule has 5 rings (SSSR count). The van der Waals surface area contributed by atoms with Crippen molar-refractivity contribution in [1.82, 2.24) is 4.90 Å². The van der Waals surface area contributed by atoms with Gasteiger partial charge in [-0.25, -0.2) is 13.6 Å².